The Kier molecular flexibility index (Phi) is 6.85. The number of amides is 1. The van der Waals surface area contributed by atoms with Gasteiger partial charge in [0.1, 0.15) is 5.82 Å². The van der Waals surface area contributed by atoms with E-state index in [-0.39, 0.29) is 24.1 Å². The second-order valence-electron chi connectivity index (χ2n) is 9.17. The van der Waals surface area contributed by atoms with E-state index in [0.717, 1.165) is 38.7 Å². The van der Waals surface area contributed by atoms with E-state index >= 15 is 0 Å². The zero-order valence-electron chi connectivity index (χ0n) is 21.2. The van der Waals surface area contributed by atoms with Crippen LogP contribution in [0, 0.1) is 12.7 Å². The average molecular weight is 511 g/mol. The monoisotopic (exact) mass is 510 g/mol. The molecule has 0 unspecified atom stereocenters. The zero-order chi connectivity index (χ0) is 26.8. The quantitative estimate of drug-likeness (QED) is 0.299. The number of aromatic nitrogens is 4. The number of nitrogens with zero attached hydrogens (tertiary/aromatic N) is 3. The molecule has 0 bridgehead atoms. The Morgan fingerprint density at radius 3 is 2.71 bits per heavy atom. The van der Waals surface area contributed by atoms with Crippen molar-refractivity contribution in [3.05, 3.63) is 101 Å². The maximum atomic E-state index is 14.0. The topological polar surface area (TPSA) is 105 Å². The summed E-state index contributed by atoms with van der Waals surface area (Å²) < 4.78 is 15.5. The number of hydrogen-bond acceptors (Lipinski definition) is 5. The van der Waals surface area contributed by atoms with Crippen molar-refractivity contribution in [2.75, 3.05) is 12.4 Å². The van der Waals surface area contributed by atoms with Gasteiger partial charge in [-0.2, -0.15) is 0 Å². The molecule has 5 rings (SSSR count). The first-order valence-electron chi connectivity index (χ1n) is 12.2. The van der Waals surface area contributed by atoms with Crippen molar-refractivity contribution in [1.82, 2.24) is 24.8 Å². The van der Waals surface area contributed by atoms with Gasteiger partial charge in [0.2, 0.25) is 5.91 Å². The van der Waals surface area contributed by atoms with E-state index in [0.29, 0.717) is 5.69 Å². The Morgan fingerprint density at radius 2 is 1.92 bits per heavy atom. The van der Waals surface area contributed by atoms with Crippen LogP contribution in [-0.4, -0.2) is 38.5 Å². The van der Waals surface area contributed by atoms with Crippen LogP contribution in [0.15, 0.2) is 78.1 Å². The minimum Gasteiger partial charge on any atom is -0.361 e. The molecule has 9 heteroatoms. The number of hydrogen-bond donors (Lipinski definition) is 3. The summed E-state index contributed by atoms with van der Waals surface area (Å²) in [6, 6.07) is 13.7. The number of fused-ring (bicyclic) bond motifs is 1. The number of halogens is 1. The molecule has 8 nitrogen and oxygen atoms in total. The number of anilines is 1. The molecular weight excluding hydrogens is 483 g/mol. The third-order valence-electron chi connectivity index (χ3n) is 6.63. The van der Waals surface area contributed by atoms with Crippen LogP contribution in [0.25, 0.3) is 33.3 Å². The molecule has 0 aliphatic heterocycles. The lowest BCUT2D eigenvalue weighted by Gasteiger charge is -2.17. The summed E-state index contributed by atoms with van der Waals surface area (Å²) in [4.78, 5) is 38.0. The van der Waals surface area contributed by atoms with Gasteiger partial charge in [0.25, 0.3) is 5.56 Å². The van der Waals surface area contributed by atoms with Crippen molar-refractivity contribution in [2.45, 2.75) is 26.4 Å². The SMILES string of the molecule is CN[C@@H](C)C(=O)Nc1ncc(-c2ccccc2C)n(Cc2cncc(-c3c[nH]c4ccc(F)cc34)c2)c1=O. The molecule has 0 aliphatic rings. The van der Waals surface area contributed by atoms with Gasteiger partial charge in [-0.3, -0.25) is 19.1 Å². The predicted octanol–water partition coefficient (Wildman–Crippen LogP) is 4.50. The van der Waals surface area contributed by atoms with Gasteiger partial charge in [-0.15, -0.1) is 0 Å². The van der Waals surface area contributed by atoms with Crippen LogP contribution in [0.3, 0.4) is 0 Å². The summed E-state index contributed by atoms with van der Waals surface area (Å²) >= 11 is 0. The average Bonchev–Trinajstić information content (AvgIpc) is 3.34. The van der Waals surface area contributed by atoms with Crippen molar-refractivity contribution in [3.8, 4) is 22.4 Å². The molecule has 3 aromatic heterocycles. The van der Waals surface area contributed by atoms with E-state index in [1.54, 1.807) is 43.2 Å². The van der Waals surface area contributed by atoms with E-state index in [2.05, 4.69) is 25.6 Å². The van der Waals surface area contributed by atoms with Crippen LogP contribution in [-0.2, 0) is 11.3 Å². The fourth-order valence-corrected chi connectivity index (χ4v) is 4.40. The second-order valence-corrected chi connectivity index (χ2v) is 9.17. The Hall–Kier alpha value is -4.63. The van der Waals surface area contributed by atoms with E-state index in [4.69, 9.17) is 0 Å². The molecule has 3 N–H and O–H groups in total. The summed E-state index contributed by atoms with van der Waals surface area (Å²) in [5.74, 6) is -0.732. The maximum Gasteiger partial charge on any atom is 0.294 e. The van der Waals surface area contributed by atoms with Crippen molar-refractivity contribution in [3.63, 3.8) is 0 Å². The van der Waals surface area contributed by atoms with Crippen molar-refractivity contribution in [1.29, 1.82) is 0 Å². The Balaban J connectivity index is 1.59. The van der Waals surface area contributed by atoms with E-state index in [9.17, 15) is 14.0 Å². The first-order valence-corrected chi connectivity index (χ1v) is 12.2. The maximum absolute atomic E-state index is 14.0. The van der Waals surface area contributed by atoms with Gasteiger partial charge in [-0.05, 0) is 56.3 Å². The van der Waals surface area contributed by atoms with Crippen molar-refractivity contribution >= 4 is 22.6 Å². The molecular formula is C29H27FN6O2. The fourth-order valence-electron chi connectivity index (χ4n) is 4.40. The first kappa shape index (κ1) is 25.0. The summed E-state index contributed by atoms with van der Waals surface area (Å²) in [5, 5.41) is 6.24. The van der Waals surface area contributed by atoms with E-state index in [1.165, 1.54) is 12.1 Å². The molecule has 38 heavy (non-hydrogen) atoms. The smallest absolute Gasteiger partial charge is 0.294 e. The fraction of sp³-hybridized carbons (Fsp3) is 0.172. The first-order chi connectivity index (χ1) is 18.4. The summed E-state index contributed by atoms with van der Waals surface area (Å²) in [6.45, 7) is 3.85. The van der Waals surface area contributed by atoms with Gasteiger partial charge >= 0.3 is 0 Å². The van der Waals surface area contributed by atoms with Gasteiger partial charge in [-0.1, -0.05) is 24.3 Å². The van der Waals surface area contributed by atoms with E-state index in [1.807, 2.05) is 43.5 Å². The van der Waals surface area contributed by atoms with Gasteiger partial charge in [-0.25, -0.2) is 9.37 Å². The lowest BCUT2D eigenvalue weighted by Crippen LogP contribution is -2.38. The third kappa shape index (κ3) is 4.83. The number of nitrogens with one attached hydrogen (secondary N) is 3. The van der Waals surface area contributed by atoms with Crippen LogP contribution >= 0.6 is 0 Å². The van der Waals surface area contributed by atoms with Crippen molar-refractivity contribution in [2.24, 2.45) is 0 Å². The summed E-state index contributed by atoms with van der Waals surface area (Å²) in [5.41, 5.74) is 5.20. The molecule has 1 amide bonds. The van der Waals surface area contributed by atoms with Crippen LogP contribution in [0.5, 0.6) is 0 Å². The number of H-pyrrole nitrogens is 1. The van der Waals surface area contributed by atoms with Gasteiger partial charge < -0.3 is 15.6 Å². The van der Waals surface area contributed by atoms with Gasteiger partial charge in [0, 0.05) is 46.2 Å². The molecule has 0 saturated carbocycles. The number of benzene rings is 2. The molecule has 0 fully saturated rings. The third-order valence-corrected chi connectivity index (χ3v) is 6.63. The number of aryl methyl sites for hydroxylation is 1. The number of carbonyl (C=O) groups excluding carboxylic acids is 1. The van der Waals surface area contributed by atoms with Crippen LogP contribution < -0.4 is 16.2 Å². The highest BCUT2D eigenvalue weighted by Gasteiger charge is 2.18. The highest BCUT2D eigenvalue weighted by molar-refractivity contribution is 5.95. The number of carbonyl (C=O) groups is 1. The lowest BCUT2D eigenvalue weighted by atomic mass is 10.0. The molecule has 2 aromatic carbocycles. The van der Waals surface area contributed by atoms with Crippen LogP contribution in [0.4, 0.5) is 10.2 Å². The standard InChI is InChI=1S/C29H27FN6O2/c1-17-6-4-5-7-22(17)26-15-34-27(35-28(37)18(2)31-3)29(38)36(26)16-19-10-20(13-32-12-19)24-14-33-25-9-8-21(30)11-23(24)25/h4-15,18,31,33H,16H2,1-3H3,(H,34,35,37)/t18-/m0/s1. The predicted molar refractivity (Wildman–Crippen MR) is 146 cm³/mol. The van der Waals surface area contributed by atoms with Gasteiger partial charge in [0.05, 0.1) is 24.5 Å². The van der Waals surface area contributed by atoms with Crippen molar-refractivity contribution < 1.29 is 9.18 Å². The Morgan fingerprint density at radius 1 is 1.11 bits per heavy atom. The second kappa shape index (κ2) is 10.4. The molecule has 0 saturated heterocycles. The van der Waals surface area contributed by atoms with E-state index < -0.39 is 11.6 Å². The number of likely N-dealkylation sites (N-methyl/N-ethyl adjacent to an activating group) is 1. The lowest BCUT2D eigenvalue weighted by molar-refractivity contribution is -0.117. The normalized spacial score (nSPS) is 12.0. The Bertz CT molecular complexity index is 1710. The number of pyridine rings is 1. The van der Waals surface area contributed by atoms with Gasteiger partial charge in [0.15, 0.2) is 5.82 Å². The Labute approximate surface area is 218 Å². The molecule has 1 atom stereocenters. The minimum atomic E-state index is -0.498. The molecule has 3 heterocycles. The number of rotatable bonds is 7. The van der Waals surface area contributed by atoms with Crippen LogP contribution in [0.1, 0.15) is 18.1 Å². The summed E-state index contributed by atoms with van der Waals surface area (Å²) in [6.07, 6.45) is 6.82. The molecule has 0 spiro atoms. The molecule has 5 aromatic rings. The number of aromatic amines is 1. The highest BCUT2D eigenvalue weighted by Crippen LogP contribution is 2.30. The molecule has 0 aliphatic carbocycles. The van der Waals surface area contributed by atoms with Crippen LogP contribution in [0.2, 0.25) is 0 Å². The highest BCUT2D eigenvalue weighted by atomic mass is 19.1. The minimum absolute atomic E-state index is 0.0503. The molecule has 0 radical (unpaired) electrons. The largest absolute Gasteiger partial charge is 0.361 e. The molecule has 192 valence electrons. The summed E-state index contributed by atoms with van der Waals surface area (Å²) in [7, 11) is 1.67. The zero-order valence-corrected chi connectivity index (χ0v) is 21.2.